The van der Waals surface area contributed by atoms with Crippen LogP contribution in [0.5, 0.6) is 0 Å². The molecule has 3 aromatic rings. The van der Waals surface area contributed by atoms with Crippen LogP contribution >= 0.6 is 0 Å². The van der Waals surface area contributed by atoms with Crippen molar-refractivity contribution >= 4 is 17.8 Å². The quantitative estimate of drug-likeness (QED) is 0.487. The lowest BCUT2D eigenvalue weighted by atomic mass is 9.82. The van der Waals surface area contributed by atoms with Gasteiger partial charge in [-0.2, -0.15) is 0 Å². The number of guanidine groups is 1. The van der Waals surface area contributed by atoms with E-state index in [0.29, 0.717) is 12.8 Å². The largest absolute Gasteiger partial charge is 0.334 e. The summed E-state index contributed by atoms with van der Waals surface area (Å²) < 4.78 is 13.4. The lowest BCUT2D eigenvalue weighted by Gasteiger charge is -2.28. The summed E-state index contributed by atoms with van der Waals surface area (Å²) in [7, 11) is 0. The van der Waals surface area contributed by atoms with Gasteiger partial charge in [0.1, 0.15) is 5.82 Å². The lowest BCUT2D eigenvalue weighted by Crippen LogP contribution is -2.45. The number of nitrogens with one attached hydrogen (secondary N) is 3. The third-order valence-electron chi connectivity index (χ3n) is 6.51. The van der Waals surface area contributed by atoms with Crippen molar-refractivity contribution in [2.45, 2.75) is 18.4 Å². The summed E-state index contributed by atoms with van der Waals surface area (Å²) in [6.45, 7) is 0.272. The van der Waals surface area contributed by atoms with Crippen molar-refractivity contribution in [2.24, 2.45) is 0 Å². The summed E-state index contributed by atoms with van der Waals surface area (Å²) in [5.41, 5.74) is 2.31. The fourth-order valence-corrected chi connectivity index (χ4v) is 4.65. The minimum atomic E-state index is -1.17. The Balaban J connectivity index is 1.35. The molecule has 1 saturated heterocycles. The van der Waals surface area contributed by atoms with Crippen molar-refractivity contribution in [1.82, 2.24) is 15.5 Å². The van der Waals surface area contributed by atoms with Crippen molar-refractivity contribution in [1.29, 1.82) is 5.41 Å². The molecule has 3 aromatic carbocycles. The van der Waals surface area contributed by atoms with Gasteiger partial charge in [0, 0.05) is 11.3 Å². The first kappa shape index (κ1) is 23.2. The van der Waals surface area contributed by atoms with Gasteiger partial charge in [-0.1, -0.05) is 72.8 Å². The molecule has 6 nitrogen and oxygen atoms in total. The zero-order valence-corrected chi connectivity index (χ0v) is 19.5. The first-order valence-corrected chi connectivity index (χ1v) is 11.7. The molecule has 2 amide bonds. The van der Waals surface area contributed by atoms with E-state index in [1.54, 1.807) is 12.1 Å². The van der Waals surface area contributed by atoms with Crippen molar-refractivity contribution < 1.29 is 14.0 Å². The Bertz CT molecular complexity index is 1340. The third kappa shape index (κ3) is 4.31. The number of rotatable bonds is 6. The molecular formula is C29H25FN4O2. The van der Waals surface area contributed by atoms with E-state index >= 15 is 0 Å². The molecule has 5 rings (SSSR count). The van der Waals surface area contributed by atoms with Gasteiger partial charge in [0.2, 0.25) is 0 Å². The average Bonchev–Trinajstić information content (AvgIpc) is 3.16. The maximum absolute atomic E-state index is 13.9. The van der Waals surface area contributed by atoms with Gasteiger partial charge in [-0.25, -0.2) is 4.39 Å². The second-order valence-electron chi connectivity index (χ2n) is 8.83. The Morgan fingerprint density at radius 1 is 0.944 bits per heavy atom. The van der Waals surface area contributed by atoms with Gasteiger partial charge in [-0.15, -0.1) is 0 Å². The molecule has 3 N–H and O–H groups in total. The fraction of sp³-hybridized carbons (Fsp3) is 0.138. The van der Waals surface area contributed by atoms with Crippen LogP contribution in [-0.4, -0.2) is 29.2 Å². The molecule has 0 saturated carbocycles. The van der Waals surface area contributed by atoms with E-state index in [1.807, 2.05) is 66.7 Å². The van der Waals surface area contributed by atoms with Gasteiger partial charge in [-0.3, -0.25) is 19.9 Å². The number of nitrogens with zero attached hydrogens (tertiary/aromatic N) is 1. The predicted molar refractivity (Wildman–Crippen MR) is 136 cm³/mol. The average molecular weight is 481 g/mol. The molecule has 180 valence electrons. The minimum Gasteiger partial charge on any atom is -0.334 e. The smallest absolute Gasteiger partial charge is 0.264 e. The Morgan fingerprint density at radius 3 is 2.19 bits per heavy atom. The summed E-state index contributed by atoms with van der Waals surface area (Å²) in [6.07, 6.45) is 4.86. The number of carbonyl (C=O) groups excluding carboxylic acids is 2. The van der Waals surface area contributed by atoms with Crippen LogP contribution in [0.25, 0.3) is 0 Å². The Morgan fingerprint density at radius 2 is 1.61 bits per heavy atom. The molecule has 0 aromatic heterocycles. The van der Waals surface area contributed by atoms with E-state index in [4.69, 9.17) is 5.41 Å². The van der Waals surface area contributed by atoms with Crippen molar-refractivity contribution in [2.75, 3.05) is 6.54 Å². The van der Waals surface area contributed by atoms with Crippen LogP contribution in [0.15, 0.2) is 108 Å². The maximum Gasteiger partial charge on any atom is 0.264 e. The number of amides is 2. The van der Waals surface area contributed by atoms with Gasteiger partial charge in [0.05, 0.1) is 6.54 Å². The molecule has 1 fully saturated rings. The Hall–Kier alpha value is -4.52. The number of hydrogen-bond acceptors (Lipinski definition) is 3. The predicted octanol–water partition coefficient (Wildman–Crippen LogP) is 4.47. The highest BCUT2D eigenvalue weighted by molar-refractivity contribution is 6.10. The normalized spacial score (nSPS) is 16.8. The highest BCUT2D eigenvalue weighted by Gasteiger charge is 2.52. The maximum atomic E-state index is 13.9. The molecule has 0 radical (unpaired) electrons. The first-order chi connectivity index (χ1) is 17.5. The molecule has 0 bridgehead atoms. The highest BCUT2D eigenvalue weighted by Crippen LogP contribution is 2.36. The summed E-state index contributed by atoms with van der Waals surface area (Å²) in [5, 5.41) is 14.6. The van der Waals surface area contributed by atoms with Gasteiger partial charge >= 0.3 is 0 Å². The Labute approximate surface area is 208 Å². The summed E-state index contributed by atoms with van der Waals surface area (Å²) in [5.74, 6) is -0.993. The number of carbonyl (C=O) groups is 2. The highest BCUT2D eigenvalue weighted by atomic mass is 19.1. The Kier molecular flexibility index (Phi) is 6.21. The summed E-state index contributed by atoms with van der Waals surface area (Å²) in [6, 6.07) is 24.5. The molecule has 36 heavy (non-hydrogen) atoms. The van der Waals surface area contributed by atoms with Crippen LogP contribution in [0.4, 0.5) is 4.39 Å². The zero-order valence-electron chi connectivity index (χ0n) is 19.5. The van der Waals surface area contributed by atoms with E-state index in [2.05, 4.69) is 10.6 Å². The van der Waals surface area contributed by atoms with E-state index in [9.17, 15) is 14.0 Å². The van der Waals surface area contributed by atoms with E-state index in [1.165, 1.54) is 23.1 Å². The van der Waals surface area contributed by atoms with Gasteiger partial charge in [0.25, 0.3) is 11.8 Å². The SMILES string of the molecule is N=C1NC(c2ccccc2)(c2ccccc2)C(=O)N1CC1=CC=C(NC(=O)c2cccc(F)c2)CC1. The van der Waals surface area contributed by atoms with Crippen molar-refractivity contribution in [3.05, 3.63) is 131 Å². The van der Waals surface area contributed by atoms with Crippen LogP contribution in [-0.2, 0) is 10.3 Å². The van der Waals surface area contributed by atoms with Gasteiger partial charge < -0.3 is 10.6 Å². The summed E-state index contributed by atoms with van der Waals surface area (Å²) in [4.78, 5) is 27.8. The lowest BCUT2D eigenvalue weighted by molar-refractivity contribution is -0.129. The fourth-order valence-electron chi connectivity index (χ4n) is 4.65. The van der Waals surface area contributed by atoms with Crippen LogP contribution in [0.1, 0.15) is 34.3 Å². The van der Waals surface area contributed by atoms with E-state index < -0.39 is 11.4 Å². The molecule has 0 atom stereocenters. The molecule has 1 heterocycles. The molecular weight excluding hydrogens is 455 g/mol. The van der Waals surface area contributed by atoms with Crippen LogP contribution in [0, 0.1) is 11.2 Å². The van der Waals surface area contributed by atoms with E-state index in [-0.39, 0.29) is 29.9 Å². The van der Waals surface area contributed by atoms with Crippen LogP contribution < -0.4 is 10.6 Å². The minimum absolute atomic E-state index is 0.0442. The van der Waals surface area contributed by atoms with Crippen LogP contribution in [0.2, 0.25) is 0 Å². The van der Waals surface area contributed by atoms with Crippen LogP contribution in [0.3, 0.4) is 0 Å². The monoisotopic (exact) mass is 480 g/mol. The zero-order chi connectivity index (χ0) is 25.1. The molecule has 7 heteroatoms. The van der Waals surface area contributed by atoms with Gasteiger partial charge in [0.15, 0.2) is 11.5 Å². The number of benzene rings is 3. The molecule has 1 aliphatic carbocycles. The topological polar surface area (TPSA) is 85.3 Å². The number of hydrogen-bond donors (Lipinski definition) is 3. The molecule has 0 unspecified atom stereocenters. The van der Waals surface area contributed by atoms with Crippen molar-refractivity contribution in [3.8, 4) is 0 Å². The second-order valence-corrected chi connectivity index (χ2v) is 8.83. The summed E-state index contributed by atoms with van der Waals surface area (Å²) >= 11 is 0. The molecule has 2 aliphatic rings. The third-order valence-corrected chi connectivity index (χ3v) is 6.51. The standard InChI is InChI=1S/C29H25FN4O2/c30-24-13-7-8-21(18-24)26(35)32-25-16-14-20(15-17-25)19-34-27(36)29(33-28(34)31,22-9-3-1-4-10-22)23-11-5-2-6-12-23/h1-14,16,18H,15,17,19H2,(H2,31,33)(H,32,35). The molecule has 1 aliphatic heterocycles. The second kappa shape index (κ2) is 9.62. The van der Waals surface area contributed by atoms with Gasteiger partial charge in [-0.05, 0) is 53.8 Å². The van der Waals surface area contributed by atoms with Crippen molar-refractivity contribution in [3.63, 3.8) is 0 Å². The number of halogens is 1. The first-order valence-electron chi connectivity index (χ1n) is 11.7. The molecule has 0 spiro atoms. The van der Waals surface area contributed by atoms with E-state index in [0.717, 1.165) is 22.4 Å². The number of allylic oxidation sites excluding steroid dienone is 3.